The fourth-order valence-electron chi connectivity index (χ4n) is 6.15. The van der Waals surface area contributed by atoms with E-state index in [4.69, 9.17) is 9.47 Å². The van der Waals surface area contributed by atoms with E-state index in [1.165, 1.54) is 14.2 Å². The molecule has 1 aliphatic heterocycles. The highest BCUT2D eigenvalue weighted by molar-refractivity contribution is 5.87. The molecule has 1 fully saturated rings. The van der Waals surface area contributed by atoms with Crippen LogP contribution in [-0.2, 0) is 33.4 Å². The first-order valence-corrected chi connectivity index (χ1v) is 15.0. The lowest BCUT2D eigenvalue weighted by molar-refractivity contribution is -0.146. The minimum absolute atomic E-state index is 0.0141. The van der Waals surface area contributed by atoms with Gasteiger partial charge in [0.25, 0.3) is 0 Å². The van der Waals surface area contributed by atoms with Gasteiger partial charge >= 0.3 is 0 Å². The van der Waals surface area contributed by atoms with Crippen molar-refractivity contribution in [1.29, 1.82) is 0 Å². The molecule has 12 heteroatoms. The molecule has 0 aromatic heterocycles. The van der Waals surface area contributed by atoms with E-state index >= 15 is 0 Å². The van der Waals surface area contributed by atoms with Crippen LogP contribution in [0.15, 0.2) is 0 Å². The quantitative estimate of drug-likeness (QED) is 0.223. The minimum atomic E-state index is -0.585. The number of methoxy groups -OCH3 is 2. The number of carbonyl (C=O) groups is 5. The lowest BCUT2D eigenvalue weighted by Crippen LogP contribution is -2.55. The van der Waals surface area contributed by atoms with E-state index in [-0.39, 0.29) is 67.1 Å². The highest BCUT2D eigenvalue weighted by atomic mass is 16.5. The summed E-state index contributed by atoms with van der Waals surface area (Å²) in [5.74, 6) is -1.40. The second-order valence-electron chi connectivity index (χ2n) is 11.9. The molecule has 2 N–H and O–H groups in total. The highest BCUT2D eigenvalue weighted by Crippen LogP contribution is 2.29. The van der Waals surface area contributed by atoms with Crippen LogP contribution < -0.4 is 10.6 Å². The van der Waals surface area contributed by atoms with E-state index in [0.717, 1.165) is 12.8 Å². The van der Waals surface area contributed by atoms with E-state index in [1.807, 2.05) is 46.7 Å². The largest absolute Gasteiger partial charge is 0.379 e. The van der Waals surface area contributed by atoms with Gasteiger partial charge in [0.05, 0.1) is 55.8 Å². The Labute approximate surface area is 252 Å². The maximum atomic E-state index is 13.7. The van der Waals surface area contributed by atoms with Crippen molar-refractivity contribution >= 4 is 29.9 Å². The van der Waals surface area contributed by atoms with E-state index in [9.17, 15) is 24.0 Å². The summed E-state index contributed by atoms with van der Waals surface area (Å²) < 4.78 is 11.6. The summed E-state index contributed by atoms with van der Waals surface area (Å²) in [6, 6.07) is -1.07. The predicted octanol–water partition coefficient (Wildman–Crippen LogP) is 0.924. The molecule has 1 aliphatic rings. The average molecular weight is 598 g/mol. The molecule has 1 rings (SSSR count). The molecule has 242 valence electrons. The number of hydrogen-bond donors (Lipinski definition) is 2. The Morgan fingerprint density at radius 2 is 1.64 bits per heavy atom. The lowest BCUT2D eigenvalue weighted by Gasteiger charge is -2.39. The second-order valence-corrected chi connectivity index (χ2v) is 11.9. The van der Waals surface area contributed by atoms with Crippen molar-refractivity contribution < 1.29 is 33.4 Å². The SMILES string of the molecule is CC[C@H](C)[C@@H]([C@@H](CC(=O)N1CCC[C@H]1[C@H](OC)[C@@H](C)C(=O)NCC=O)OC)N(C)C(=O)CNC(=O)C(C(C)C)N(C)C. The Kier molecular flexibility index (Phi) is 16.2. The number of likely N-dealkylation sites (N-methyl/N-ethyl adjacent to an activating group) is 2. The Morgan fingerprint density at radius 1 is 1.00 bits per heavy atom. The number of ether oxygens (including phenoxy) is 2. The van der Waals surface area contributed by atoms with Crippen molar-refractivity contribution in [2.45, 2.75) is 90.6 Å². The molecule has 12 nitrogen and oxygen atoms in total. The van der Waals surface area contributed by atoms with Crippen LogP contribution >= 0.6 is 0 Å². The third-order valence-electron chi connectivity index (χ3n) is 8.53. The van der Waals surface area contributed by atoms with Crippen LogP contribution in [0.2, 0.25) is 0 Å². The van der Waals surface area contributed by atoms with E-state index in [2.05, 4.69) is 10.6 Å². The molecule has 0 aromatic carbocycles. The molecule has 4 amide bonds. The first kappa shape index (κ1) is 37.5. The maximum Gasteiger partial charge on any atom is 0.242 e. The number of likely N-dealkylation sites (tertiary alicyclic amines) is 1. The van der Waals surface area contributed by atoms with Crippen LogP contribution in [0.5, 0.6) is 0 Å². The third kappa shape index (κ3) is 10.0. The van der Waals surface area contributed by atoms with Crippen LogP contribution in [-0.4, -0.2) is 130 Å². The molecule has 1 unspecified atom stereocenters. The highest BCUT2D eigenvalue weighted by Gasteiger charge is 2.42. The van der Waals surface area contributed by atoms with Gasteiger partial charge in [0, 0.05) is 27.8 Å². The van der Waals surface area contributed by atoms with Gasteiger partial charge in [-0.15, -0.1) is 0 Å². The first-order valence-electron chi connectivity index (χ1n) is 15.0. The van der Waals surface area contributed by atoms with Crippen molar-refractivity contribution in [2.24, 2.45) is 17.8 Å². The third-order valence-corrected chi connectivity index (χ3v) is 8.53. The molecule has 7 atom stereocenters. The zero-order valence-electron chi connectivity index (χ0n) is 27.3. The van der Waals surface area contributed by atoms with Gasteiger partial charge in [0.2, 0.25) is 23.6 Å². The summed E-state index contributed by atoms with van der Waals surface area (Å²) in [4.78, 5) is 68.3. The molecule has 0 spiro atoms. The van der Waals surface area contributed by atoms with Crippen LogP contribution in [0.1, 0.15) is 60.3 Å². The van der Waals surface area contributed by atoms with Crippen LogP contribution in [0.4, 0.5) is 0 Å². The van der Waals surface area contributed by atoms with E-state index in [0.29, 0.717) is 19.3 Å². The van der Waals surface area contributed by atoms with Gasteiger partial charge in [-0.2, -0.15) is 0 Å². The fourth-order valence-corrected chi connectivity index (χ4v) is 6.15. The summed E-state index contributed by atoms with van der Waals surface area (Å²) in [6.45, 7) is 9.98. The van der Waals surface area contributed by atoms with Crippen molar-refractivity contribution in [1.82, 2.24) is 25.3 Å². The minimum Gasteiger partial charge on any atom is -0.379 e. The molecule has 1 saturated heterocycles. The number of carbonyl (C=O) groups excluding carboxylic acids is 5. The summed E-state index contributed by atoms with van der Waals surface area (Å²) in [5, 5.41) is 5.35. The normalized spacial score (nSPS) is 19.5. The number of nitrogens with one attached hydrogen (secondary N) is 2. The topological polar surface area (TPSA) is 138 Å². The van der Waals surface area contributed by atoms with Crippen LogP contribution in [0, 0.1) is 17.8 Å². The number of aldehydes is 1. The molecule has 0 saturated carbocycles. The summed E-state index contributed by atoms with van der Waals surface area (Å²) in [7, 11) is 8.41. The Bertz CT molecular complexity index is 891. The summed E-state index contributed by atoms with van der Waals surface area (Å²) in [5.41, 5.74) is 0. The Hall–Kier alpha value is -2.57. The van der Waals surface area contributed by atoms with Gasteiger partial charge in [0.15, 0.2) is 0 Å². The van der Waals surface area contributed by atoms with Gasteiger partial charge in [0.1, 0.15) is 6.29 Å². The number of hydrogen-bond acceptors (Lipinski definition) is 8. The van der Waals surface area contributed by atoms with Gasteiger partial charge in [-0.25, -0.2) is 0 Å². The number of nitrogens with zero attached hydrogens (tertiary/aromatic N) is 3. The van der Waals surface area contributed by atoms with Crippen LogP contribution in [0.25, 0.3) is 0 Å². The number of rotatable bonds is 18. The monoisotopic (exact) mass is 597 g/mol. The molecule has 42 heavy (non-hydrogen) atoms. The zero-order valence-corrected chi connectivity index (χ0v) is 27.3. The molecule has 0 aliphatic carbocycles. The van der Waals surface area contributed by atoms with E-state index in [1.54, 1.807) is 23.8 Å². The second kappa shape index (κ2) is 18.2. The van der Waals surface area contributed by atoms with Gasteiger partial charge in [-0.05, 0) is 38.8 Å². The molecule has 0 bridgehead atoms. The van der Waals surface area contributed by atoms with Crippen molar-refractivity contribution in [2.75, 3.05) is 55.0 Å². The van der Waals surface area contributed by atoms with Gasteiger partial charge in [-0.1, -0.05) is 41.0 Å². The summed E-state index contributed by atoms with van der Waals surface area (Å²) >= 11 is 0. The predicted molar refractivity (Wildman–Crippen MR) is 161 cm³/mol. The van der Waals surface area contributed by atoms with Crippen molar-refractivity contribution in [3.63, 3.8) is 0 Å². The smallest absolute Gasteiger partial charge is 0.242 e. The fraction of sp³-hybridized carbons (Fsp3) is 0.833. The Balaban J connectivity index is 3.06. The summed E-state index contributed by atoms with van der Waals surface area (Å²) in [6.07, 6.45) is 1.75. The van der Waals surface area contributed by atoms with Crippen molar-refractivity contribution in [3.8, 4) is 0 Å². The molecular formula is C30H55N5O7. The molecule has 0 radical (unpaired) electrons. The molecule has 0 aromatic rings. The first-order chi connectivity index (χ1) is 19.8. The van der Waals surface area contributed by atoms with Crippen LogP contribution in [0.3, 0.4) is 0 Å². The van der Waals surface area contributed by atoms with E-state index < -0.39 is 24.2 Å². The average Bonchev–Trinajstić information content (AvgIpc) is 3.43. The number of amides is 4. The molecular weight excluding hydrogens is 542 g/mol. The molecule has 1 heterocycles. The van der Waals surface area contributed by atoms with Gasteiger partial charge < -0.3 is 34.7 Å². The Morgan fingerprint density at radius 3 is 2.14 bits per heavy atom. The van der Waals surface area contributed by atoms with Crippen molar-refractivity contribution in [3.05, 3.63) is 0 Å². The maximum absolute atomic E-state index is 13.7. The zero-order chi connectivity index (χ0) is 32.1. The lowest BCUT2D eigenvalue weighted by atomic mass is 9.90. The standard InChI is InChI=1S/C30H55N5O7/c1-11-20(4)27(34(8)25(38)18-32-30(40)26(19(2)3)33(6)7)23(41-9)17-24(37)35-15-12-13-22(35)28(42-10)21(5)29(39)31-14-16-36/h16,19-23,26-28H,11-15,17-18H2,1-10H3,(H,31,39)(H,32,40)/t20-,21+,22-,23+,26?,27-,28+/m0/s1. The van der Waals surface area contributed by atoms with Gasteiger partial charge in [-0.3, -0.25) is 24.1 Å².